The van der Waals surface area contributed by atoms with Gasteiger partial charge in [0.2, 0.25) is 5.91 Å². The largest absolute Gasteiger partial charge is 0.359 e. The van der Waals surface area contributed by atoms with Crippen molar-refractivity contribution in [3.63, 3.8) is 0 Å². The Bertz CT molecular complexity index is 1710. The van der Waals surface area contributed by atoms with Gasteiger partial charge in [0.05, 0.1) is 34.5 Å². The first-order valence-corrected chi connectivity index (χ1v) is 13.3. The molecule has 0 bridgehead atoms. The molecule has 0 radical (unpaired) electrons. The summed E-state index contributed by atoms with van der Waals surface area (Å²) in [7, 11) is 0. The van der Waals surface area contributed by atoms with E-state index in [4.69, 9.17) is 0 Å². The van der Waals surface area contributed by atoms with Gasteiger partial charge >= 0.3 is 0 Å². The van der Waals surface area contributed by atoms with E-state index in [1.807, 2.05) is 42.5 Å². The average Bonchev–Trinajstić information content (AvgIpc) is 3.73. The molecule has 39 heavy (non-hydrogen) atoms. The number of amides is 1. The molecule has 1 aliphatic heterocycles. The van der Waals surface area contributed by atoms with Crippen molar-refractivity contribution < 1.29 is 9.18 Å². The summed E-state index contributed by atoms with van der Waals surface area (Å²) in [5.74, 6) is -0.0947. The normalized spacial score (nSPS) is 16.6. The molecule has 3 aromatic carbocycles. The zero-order valence-electron chi connectivity index (χ0n) is 21.2. The second-order valence-corrected chi connectivity index (χ2v) is 10.2. The van der Waals surface area contributed by atoms with Gasteiger partial charge in [-0.15, -0.1) is 0 Å². The van der Waals surface area contributed by atoms with E-state index in [0.29, 0.717) is 11.3 Å². The average molecular weight is 519 g/mol. The van der Waals surface area contributed by atoms with Crippen molar-refractivity contribution in [1.29, 1.82) is 0 Å². The second kappa shape index (κ2) is 9.54. The van der Waals surface area contributed by atoms with Crippen LogP contribution in [0.25, 0.3) is 33.2 Å². The van der Waals surface area contributed by atoms with Crippen LogP contribution >= 0.6 is 0 Å². The summed E-state index contributed by atoms with van der Waals surface area (Å²) in [6.07, 6.45) is 7.35. The second-order valence-electron chi connectivity index (χ2n) is 10.2. The van der Waals surface area contributed by atoms with E-state index < -0.39 is 0 Å². The Hall–Kier alpha value is -4.72. The van der Waals surface area contributed by atoms with E-state index in [1.165, 1.54) is 6.07 Å². The van der Waals surface area contributed by atoms with Crippen LogP contribution in [-0.4, -0.2) is 21.1 Å². The molecule has 5 aromatic rings. The fourth-order valence-electron chi connectivity index (χ4n) is 5.74. The highest BCUT2D eigenvalue weighted by Gasteiger charge is 2.27. The Labute approximate surface area is 224 Å². The van der Waals surface area contributed by atoms with Gasteiger partial charge in [0.25, 0.3) is 0 Å². The number of benzene rings is 3. The van der Waals surface area contributed by atoms with Crippen LogP contribution in [0, 0.1) is 11.7 Å². The highest BCUT2D eigenvalue weighted by Crippen LogP contribution is 2.43. The number of carbonyl (C=O) groups is 1. The van der Waals surface area contributed by atoms with Crippen molar-refractivity contribution in [3.05, 3.63) is 90.6 Å². The zero-order chi connectivity index (χ0) is 26.3. The van der Waals surface area contributed by atoms with E-state index in [1.54, 1.807) is 24.5 Å². The van der Waals surface area contributed by atoms with Gasteiger partial charge < -0.3 is 16.0 Å². The fourth-order valence-corrected chi connectivity index (χ4v) is 5.74. The number of hydrogen-bond acceptors (Lipinski definition) is 5. The minimum Gasteiger partial charge on any atom is -0.359 e. The Balaban J connectivity index is 1.18. The number of aromatic amines is 1. The smallest absolute Gasteiger partial charge is 0.227 e. The molecule has 2 aromatic heterocycles. The first kappa shape index (κ1) is 23.4. The minimum atomic E-state index is -0.275. The highest BCUT2D eigenvalue weighted by molar-refractivity contribution is 5.95. The highest BCUT2D eigenvalue weighted by atomic mass is 19.1. The molecule has 2 aliphatic rings. The lowest BCUT2D eigenvalue weighted by Crippen LogP contribution is -2.20. The Morgan fingerprint density at radius 3 is 2.62 bits per heavy atom. The summed E-state index contributed by atoms with van der Waals surface area (Å²) in [5, 5.41) is 18.8. The Kier molecular flexibility index (Phi) is 5.73. The lowest BCUT2D eigenvalue weighted by molar-refractivity contribution is -0.119. The van der Waals surface area contributed by atoms with Crippen LogP contribution in [0.1, 0.15) is 37.5 Å². The number of anilines is 3. The van der Waals surface area contributed by atoms with E-state index in [2.05, 4.69) is 37.2 Å². The summed E-state index contributed by atoms with van der Waals surface area (Å²) in [6.45, 7) is 0. The number of rotatable bonds is 5. The fraction of sp³-hybridized carbons (Fsp3) is 0.194. The maximum atomic E-state index is 14.6. The van der Waals surface area contributed by atoms with Gasteiger partial charge in [-0.25, -0.2) is 4.39 Å². The van der Waals surface area contributed by atoms with Crippen LogP contribution in [0.2, 0.25) is 0 Å². The molecule has 194 valence electrons. The molecule has 3 heterocycles. The molecule has 1 atom stereocenters. The number of aromatic nitrogens is 3. The predicted octanol–water partition coefficient (Wildman–Crippen LogP) is 7.10. The molecule has 7 nitrogen and oxygen atoms in total. The van der Waals surface area contributed by atoms with Gasteiger partial charge in [-0.1, -0.05) is 49.2 Å². The minimum absolute atomic E-state index is 0.0757. The number of carbonyl (C=O) groups excluding carboxylic acids is 1. The molecule has 1 aliphatic carbocycles. The number of hydrogen-bond donors (Lipinski definition) is 4. The number of H-pyrrole nitrogens is 1. The molecule has 8 heteroatoms. The molecule has 7 rings (SSSR count). The summed E-state index contributed by atoms with van der Waals surface area (Å²) < 4.78 is 14.6. The standard InChI is InChI=1S/C31H27FN6O/c32-25-10-4-3-8-22(25)23-9-5-11-27-28(23)36-30(35-27)29-24-15-19(12-13-26(24)37-38-29)20-14-21(17-33-16-20)34-31(39)18-6-1-2-7-18/h3-5,8-18,30,35-36H,1-2,6-7H2,(H,34,39)(H,37,38). The van der Waals surface area contributed by atoms with E-state index in [-0.39, 0.29) is 23.8 Å². The van der Waals surface area contributed by atoms with Crippen LogP contribution in [0.15, 0.2) is 79.1 Å². The van der Waals surface area contributed by atoms with Crippen molar-refractivity contribution >= 4 is 33.9 Å². The first-order chi connectivity index (χ1) is 19.1. The predicted molar refractivity (Wildman–Crippen MR) is 152 cm³/mol. The van der Waals surface area contributed by atoms with Gasteiger partial charge in [0.1, 0.15) is 12.0 Å². The number of pyridine rings is 1. The van der Waals surface area contributed by atoms with Gasteiger partial charge in [-0.05, 0) is 48.7 Å². The Morgan fingerprint density at radius 2 is 1.74 bits per heavy atom. The lowest BCUT2D eigenvalue weighted by Gasteiger charge is -2.13. The third kappa shape index (κ3) is 4.27. The van der Waals surface area contributed by atoms with E-state index in [0.717, 1.165) is 70.3 Å². The van der Waals surface area contributed by atoms with Gasteiger partial charge in [0, 0.05) is 34.2 Å². The number of nitrogens with one attached hydrogen (secondary N) is 4. The van der Waals surface area contributed by atoms with Crippen molar-refractivity contribution in [2.75, 3.05) is 16.0 Å². The molecule has 1 amide bonds. The first-order valence-electron chi connectivity index (χ1n) is 13.3. The maximum absolute atomic E-state index is 14.6. The third-order valence-electron chi connectivity index (χ3n) is 7.75. The van der Waals surface area contributed by atoms with Gasteiger partial charge in [-0.2, -0.15) is 5.10 Å². The number of nitrogens with zero attached hydrogens (tertiary/aromatic N) is 2. The van der Waals surface area contributed by atoms with E-state index >= 15 is 0 Å². The number of halogens is 1. The molecule has 0 saturated heterocycles. The van der Waals surface area contributed by atoms with Crippen LogP contribution in [0.3, 0.4) is 0 Å². The van der Waals surface area contributed by atoms with Crippen molar-refractivity contribution in [2.45, 2.75) is 31.8 Å². The molecule has 0 spiro atoms. The van der Waals surface area contributed by atoms with Crippen molar-refractivity contribution in [2.24, 2.45) is 5.92 Å². The summed E-state index contributed by atoms with van der Waals surface area (Å²) in [5.41, 5.74) is 7.38. The monoisotopic (exact) mass is 518 g/mol. The summed E-state index contributed by atoms with van der Waals surface area (Å²) >= 11 is 0. The van der Waals surface area contributed by atoms with Crippen LogP contribution in [-0.2, 0) is 4.79 Å². The van der Waals surface area contributed by atoms with Gasteiger partial charge in [-0.3, -0.25) is 14.9 Å². The molecular weight excluding hydrogens is 491 g/mol. The number of para-hydroxylation sites is 1. The summed E-state index contributed by atoms with van der Waals surface area (Å²) in [4.78, 5) is 17.0. The van der Waals surface area contributed by atoms with E-state index in [9.17, 15) is 9.18 Å². The molecule has 4 N–H and O–H groups in total. The maximum Gasteiger partial charge on any atom is 0.227 e. The topological polar surface area (TPSA) is 94.7 Å². The third-order valence-corrected chi connectivity index (χ3v) is 7.75. The number of fused-ring (bicyclic) bond motifs is 2. The SMILES string of the molecule is O=C(Nc1cncc(-c2ccc3n[nH]c(C4Nc5cccc(-c6ccccc6F)c5N4)c3c2)c1)C1CCCC1. The van der Waals surface area contributed by atoms with Crippen LogP contribution in [0.4, 0.5) is 21.5 Å². The lowest BCUT2D eigenvalue weighted by atomic mass is 10.0. The molecular formula is C31H27FN6O. The zero-order valence-corrected chi connectivity index (χ0v) is 21.2. The molecule has 1 unspecified atom stereocenters. The van der Waals surface area contributed by atoms with Crippen LogP contribution < -0.4 is 16.0 Å². The Morgan fingerprint density at radius 1 is 0.897 bits per heavy atom. The van der Waals surface area contributed by atoms with Crippen LogP contribution in [0.5, 0.6) is 0 Å². The molecule has 1 fully saturated rings. The van der Waals surface area contributed by atoms with Crippen molar-refractivity contribution in [1.82, 2.24) is 15.2 Å². The summed E-state index contributed by atoms with van der Waals surface area (Å²) in [6, 6.07) is 20.6. The quantitative estimate of drug-likeness (QED) is 0.199. The molecule has 1 saturated carbocycles. The van der Waals surface area contributed by atoms with Crippen molar-refractivity contribution in [3.8, 4) is 22.3 Å². The van der Waals surface area contributed by atoms with Gasteiger partial charge in [0.15, 0.2) is 0 Å².